The van der Waals surface area contributed by atoms with Gasteiger partial charge in [0.1, 0.15) is 11.6 Å². The number of pyridine rings is 1. The molecule has 0 saturated carbocycles. The number of benzene rings is 1. The van der Waals surface area contributed by atoms with Crippen LogP contribution in [0.3, 0.4) is 0 Å². The summed E-state index contributed by atoms with van der Waals surface area (Å²) in [4.78, 5) is 16.0. The van der Waals surface area contributed by atoms with Gasteiger partial charge in [0.05, 0.1) is 17.8 Å². The molecule has 0 bridgehead atoms. The van der Waals surface area contributed by atoms with E-state index >= 15 is 0 Å². The van der Waals surface area contributed by atoms with Crippen LogP contribution in [0.1, 0.15) is 16.1 Å². The lowest BCUT2D eigenvalue weighted by molar-refractivity contribution is 0.0946. The highest BCUT2D eigenvalue weighted by Crippen LogP contribution is 2.16. The molecule has 1 amide bonds. The first-order chi connectivity index (χ1) is 10.1. The van der Waals surface area contributed by atoms with Crippen LogP contribution in [-0.2, 0) is 6.54 Å². The Labute approximate surface area is 118 Å². The van der Waals surface area contributed by atoms with Gasteiger partial charge in [-0.3, -0.25) is 9.89 Å². The molecule has 3 N–H and O–H groups in total. The second-order valence-corrected chi connectivity index (χ2v) is 4.42. The molecule has 0 aliphatic carbocycles. The highest BCUT2D eigenvalue weighted by Gasteiger charge is 2.13. The third kappa shape index (κ3) is 2.53. The van der Waals surface area contributed by atoms with Crippen molar-refractivity contribution in [1.29, 1.82) is 0 Å². The van der Waals surface area contributed by atoms with Gasteiger partial charge in [0.2, 0.25) is 0 Å². The molecular formula is C14H11FN4O2. The van der Waals surface area contributed by atoms with Crippen molar-refractivity contribution < 1.29 is 14.3 Å². The number of amides is 1. The molecule has 3 aromatic rings. The van der Waals surface area contributed by atoms with Crippen molar-refractivity contribution in [2.24, 2.45) is 0 Å². The number of carbonyl (C=O) groups excluding carboxylic acids is 1. The summed E-state index contributed by atoms with van der Waals surface area (Å²) in [7, 11) is 0. The van der Waals surface area contributed by atoms with Crippen molar-refractivity contribution in [2.75, 3.05) is 0 Å². The number of fused-ring (bicyclic) bond motifs is 1. The number of phenolic OH excluding ortho intramolecular Hbond substituents is 1. The van der Waals surface area contributed by atoms with E-state index in [0.29, 0.717) is 11.3 Å². The molecule has 0 radical (unpaired) electrons. The van der Waals surface area contributed by atoms with Crippen molar-refractivity contribution >= 4 is 16.9 Å². The molecule has 0 saturated heterocycles. The normalized spacial score (nSPS) is 10.7. The number of halogens is 1. The van der Waals surface area contributed by atoms with E-state index < -0.39 is 11.7 Å². The summed E-state index contributed by atoms with van der Waals surface area (Å²) >= 11 is 0. The van der Waals surface area contributed by atoms with Gasteiger partial charge in [-0.25, -0.2) is 9.37 Å². The third-order valence-electron chi connectivity index (χ3n) is 3.03. The number of rotatable bonds is 3. The van der Waals surface area contributed by atoms with Crippen LogP contribution < -0.4 is 5.32 Å². The summed E-state index contributed by atoms with van der Waals surface area (Å²) in [6.07, 6.45) is 1.62. The average molecular weight is 286 g/mol. The molecule has 0 aliphatic rings. The molecule has 0 unspecified atom stereocenters. The minimum atomic E-state index is -0.774. The summed E-state index contributed by atoms with van der Waals surface area (Å²) in [6, 6.07) is 6.97. The second-order valence-electron chi connectivity index (χ2n) is 4.42. The van der Waals surface area contributed by atoms with Crippen LogP contribution in [0.5, 0.6) is 5.75 Å². The van der Waals surface area contributed by atoms with Gasteiger partial charge in [-0.15, -0.1) is 0 Å². The van der Waals surface area contributed by atoms with Crippen molar-refractivity contribution in [3.05, 3.63) is 53.6 Å². The van der Waals surface area contributed by atoms with Crippen molar-refractivity contribution in [3.8, 4) is 5.75 Å². The molecule has 6 nitrogen and oxygen atoms in total. The quantitative estimate of drug-likeness (QED) is 0.684. The van der Waals surface area contributed by atoms with Crippen molar-refractivity contribution in [3.63, 3.8) is 0 Å². The molecule has 2 heterocycles. The fourth-order valence-corrected chi connectivity index (χ4v) is 1.99. The maximum Gasteiger partial charge on any atom is 0.254 e. The lowest BCUT2D eigenvalue weighted by Gasteiger charge is -2.05. The van der Waals surface area contributed by atoms with E-state index in [2.05, 4.69) is 20.5 Å². The number of hydrogen-bond donors (Lipinski definition) is 3. The van der Waals surface area contributed by atoms with Gasteiger partial charge in [0, 0.05) is 17.6 Å². The summed E-state index contributed by atoms with van der Waals surface area (Å²) in [5.74, 6) is -1.57. The Balaban J connectivity index is 1.77. The standard InChI is InChI=1S/C14H11FN4O2/c15-11-6-8(20)3-4-9(11)14(21)17-7-12-10-2-1-5-16-13(10)19-18-12/h1-6,20H,7H2,(H,17,21)(H,16,18,19). The van der Waals surface area contributed by atoms with E-state index in [-0.39, 0.29) is 17.9 Å². The minimum Gasteiger partial charge on any atom is -0.508 e. The van der Waals surface area contributed by atoms with Crippen molar-refractivity contribution in [2.45, 2.75) is 6.54 Å². The fraction of sp³-hybridized carbons (Fsp3) is 0.0714. The maximum atomic E-state index is 13.6. The molecule has 0 aliphatic heterocycles. The van der Waals surface area contributed by atoms with Gasteiger partial charge < -0.3 is 10.4 Å². The van der Waals surface area contributed by atoms with Crippen molar-refractivity contribution in [1.82, 2.24) is 20.5 Å². The van der Waals surface area contributed by atoms with E-state index in [4.69, 9.17) is 5.11 Å². The summed E-state index contributed by atoms with van der Waals surface area (Å²) in [5, 5.41) is 19.3. The van der Waals surface area contributed by atoms with E-state index in [0.717, 1.165) is 11.5 Å². The predicted molar refractivity (Wildman–Crippen MR) is 73.1 cm³/mol. The molecule has 2 aromatic heterocycles. The summed E-state index contributed by atoms with van der Waals surface area (Å²) in [5.41, 5.74) is 1.11. The number of nitrogens with one attached hydrogen (secondary N) is 2. The molecule has 106 valence electrons. The molecule has 0 fully saturated rings. The summed E-state index contributed by atoms with van der Waals surface area (Å²) in [6.45, 7) is 0.168. The van der Waals surface area contributed by atoms with Crippen LogP contribution in [0.15, 0.2) is 36.5 Å². The Bertz CT molecular complexity index is 816. The monoisotopic (exact) mass is 286 g/mol. The van der Waals surface area contributed by atoms with E-state index in [1.165, 1.54) is 12.1 Å². The van der Waals surface area contributed by atoms with E-state index in [9.17, 15) is 9.18 Å². The van der Waals surface area contributed by atoms with Gasteiger partial charge in [-0.1, -0.05) is 0 Å². The number of aromatic hydroxyl groups is 1. The largest absolute Gasteiger partial charge is 0.508 e. The zero-order valence-electron chi connectivity index (χ0n) is 10.8. The van der Waals surface area contributed by atoms with Crippen LogP contribution in [0.25, 0.3) is 11.0 Å². The van der Waals surface area contributed by atoms with Crippen LogP contribution in [-0.4, -0.2) is 26.2 Å². The molecule has 21 heavy (non-hydrogen) atoms. The highest BCUT2D eigenvalue weighted by molar-refractivity contribution is 5.94. The minimum absolute atomic E-state index is 0.130. The number of carbonyl (C=O) groups is 1. The van der Waals surface area contributed by atoms with E-state index in [1.54, 1.807) is 12.3 Å². The van der Waals surface area contributed by atoms with Gasteiger partial charge in [-0.05, 0) is 24.3 Å². The zero-order chi connectivity index (χ0) is 14.8. The fourth-order valence-electron chi connectivity index (χ4n) is 1.99. The van der Waals surface area contributed by atoms with Crippen LogP contribution in [0.4, 0.5) is 4.39 Å². The Morgan fingerprint density at radius 2 is 2.24 bits per heavy atom. The smallest absolute Gasteiger partial charge is 0.254 e. The van der Waals surface area contributed by atoms with Crippen LogP contribution in [0, 0.1) is 5.82 Å². The van der Waals surface area contributed by atoms with Gasteiger partial charge in [0.25, 0.3) is 5.91 Å². The molecular weight excluding hydrogens is 275 g/mol. The van der Waals surface area contributed by atoms with Gasteiger partial charge >= 0.3 is 0 Å². The number of H-pyrrole nitrogens is 1. The lowest BCUT2D eigenvalue weighted by atomic mass is 10.2. The van der Waals surface area contributed by atoms with Gasteiger partial charge in [0.15, 0.2) is 5.65 Å². The van der Waals surface area contributed by atoms with Crippen LogP contribution >= 0.6 is 0 Å². The number of nitrogens with zero attached hydrogens (tertiary/aromatic N) is 2. The second kappa shape index (κ2) is 5.20. The maximum absolute atomic E-state index is 13.6. The molecule has 7 heteroatoms. The lowest BCUT2D eigenvalue weighted by Crippen LogP contribution is -2.24. The van der Waals surface area contributed by atoms with Crippen LogP contribution in [0.2, 0.25) is 0 Å². The number of hydrogen-bond acceptors (Lipinski definition) is 4. The summed E-state index contributed by atoms with van der Waals surface area (Å²) < 4.78 is 13.6. The zero-order valence-corrected chi connectivity index (χ0v) is 10.8. The first kappa shape index (κ1) is 13.0. The SMILES string of the molecule is O=C(NCc1[nH]nc2ncccc12)c1ccc(O)cc1F. The molecule has 0 spiro atoms. The molecule has 3 rings (SSSR count). The Morgan fingerprint density at radius 3 is 3.05 bits per heavy atom. The Hall–Kier alpha value is -2.96. The highest BCUT2D eigenvalue weighted by atomic mass is 19.1. The Kier molecular flexibility index (Phi) is 3.23. The van der Waals surface area contributed by atoms with E-state index in [1.807, 2.05) is 6.07 Å². The van der Waals surface area contributed by atoms with Gasteiger partial charge in [-0.2, -0.15) is 5.10 Å². The Morgan fingerprint density at radius 1 is 1.38 bits per heavy atom. The third-order valence-corrected chi connectivity index (χ3v) is 3.03. The number of aromatic nitrogens is 3. The average Bonchev–Trinajstić information content (AvgIpc) is 2.88. The first-order valence-corrected chi connectivity index (χ1v) is 6.20. The number of aromatic amines is 1. The predicted octanol–water partition coefficient (Wildman–Crippen LogP) is 1.73. The number of phenols is 1. The molecule has 1 aromatic carbocycles. The molecule has 0 atom stereocenters. The topological polar surface area (TPSA) is 90.9 Å². The first-order valence-electron chi connectivity index (χ1n) is 6.20.